The molecule has 1 heterocycles. The normalized spacial score (nSPS) is 11.3. The molecule has 0 bridgehead atoms. The highest BCUT2D eigenvalue weighted by molar-refractivity contribution is 7.90. The van der Waals surface area contributed by atoms with Crippen molar-refractivity contribution in [1.82, 2.24) is 14.7 Å². The van der Waals surface area contributed by atoms with Crippen molar-refractivity contribution in [1.29, 1.82) is 0 Å². The average molecular weight is 462 g/mol. The maximum atomic E-state index is 12.6. The number of aromatic nitrogens is 2. The summed E-state index contributed by atoms with van der Waals surface area (Å²) >= 11 is 6.18. The molecular weight excluding hydrogens is 438 g/mol. The first-order chi connectivity index (χ1) is 14.7. The molecule has 1 amide bonds. The number of ether oxygens (including phenoxy) is 1. The Hall–Kier alpha value is -2.84. The third-order valence-electron chi connectivity index (χ3n) is 4.66. The van der Waals surface area contributed by atoms with Gasteiger partial charge in [0.2, 0.25) is 0 Å². The molecule has 0 atom stereocenters. The molecule has 0 saturated heterocycles. The topological polar surface area (TPSA) is 81.5 Å². The van der Waals surface area contributed by atoms with Crippen molar-refractivity contribution < 1.29 is 17.9 Å². The first kappa shape index (κ1) is 22.8. The predicted octanol–water partition coefficient (Wildman–Crippen LogP) is 3.53. The molecule has 2 aromatic carbocycles. The summed E-state index contributed by atoms with van der Waals surface area (Å²) in [6.07, 6.45) is 5.00. The number of hydrogen-bond acceptors (Lipinski definition) is 5. The molecule has 3 aromatic rings. The summed E-state index contributed by atoms with van der Waals surface area (Å²) in [5, 5.41) is 4.91. The van der Waals surface area contributed by atoms with Crippen LogP contribution < -0.4 is 4.74 Å². The van der Waals surface area contributed by atoms with Crippen molar-refractivity contribution in [2.75, 3.05) is 26.5 Å². The minimum absolute atomic E-state index is 0.135. The van der Waals surface area contributed by atoms with E-state index in [0.717, 1.165) is 11.8 Å². The molecule has 0 fully saturated rings. The van der Waals surface area contributed by atoms with E-state index >= 15 is 0 Å². The number of sulfone groups is 1. The maximum Gasteiger partial charge on any atom is 0.256 e. The molecule has 31 heavy (non-hydrogen) atoms. The van der Waals surface area contributed by atoms with Crippen LogP contribution in [0.5, 0.6) is 5.75 Å². The van der Waals surface area contributed by atoms with Crippen LogP contribution in [0.25, 0.3) is 0 Å². The Balaban J connectivity index is 1.49. The quantitative estimate of drug-likeness (QED) is 0.455. The highest BCUT2D eigenvalue weighted by Crippen LogP contribution is 2.18. The van der Waals surface area contributed by atoms with Crippen LogP contribution >= 0.6 is 11.6 Å². The number of carbonyl (C=O) groups excluding carboxylic acids is 1. The lowest BCUT2D eigenvalue weighted by molar-refractivity contribution is 0.0787. The van der Waals surface area contributed by atoms with Gasteiger partial charge < -0.3 is 9.64 Å². The Morgan fingerprint density at radius 1 is 1.19 bits per heavy atom. The molecule has 7 nitrogen and oxygen atoms in total. The summed E-state index contributed by atoms with van der Waals surface area (Å²) in [5.74, 6) is 0.349. The number of benzene rings is 2. The molecule has 0 radical (unpaired) electrons. The van der Waals surface area contributed by atoms with Crippen LogP contribution in [-0.2, 0) is 16.4 Å². The second kappa shape index (κ2) is 9.98. The Bertz CT molecular complexity index is 1160. The fourth-order valence-corrected chi connectivity index (χ4v) is 3.82. The van der Waals surface area contributed by atoms with Crippen LogP contribution in [0.4, 0.5) is 0 Å². The maximum absolute atomic E-state index is 12.6. The Morgan fingerprint density at radius 2 is 1.97 bits per heavy atom. The molecular formula is C22H24ClN3O4S. The highest BCUT2D eigenvalue weighted by Gasteiger charge is 2.14. The van der Waals surface area contributed by atoms with Crippen LogP contribution in [0.2, 0.25) is 5.02 Å². The third-order valence-corrected chi connectivity index (χ3v) is 6.14. The van der Waals surface area contributed by atoms with E-state index in [1.165, 1.54) is 12.1 Å². The van der Waals surface area contributed by atoms with Gasteiger partial charge >= 0.3 is 0 Å². The van der Waals surface area contributed by atoms with Gasteiger partial charge in [0.15, 0.2) is 9.84 Å². The molecule has 1 aromatic heterocycles. The molecule has 9 heteroatoms. The number of carbonyl (C=O) groups is 1. The number of amides is 1. The van der Waals surface area contributed by atoms with Crippen molar-refractivity contribution in [3.8, 4) is 5.75 Å². The number of nitrogens with zero attached hydrogens (tertiary/aromatic N) is 3. The van der Waals surface area contributed by atoms with E-state index in [1.54, 1.807) is 41.2 Å². The molecule has 0 unspecified atom stereocenters. The van der Waals surface area contributed by atoms with E-state index < -0.39 is 9.84 Å². The van der Waals surface area contributed by atoms with Gasteiger partial charge in [-0.3, -0.25) is 9.48 Å². The van der Waals surface area contributed by atoms with E-state index in [4.69, 9.17) is 16.3 Å². The summed E-state index contributed by atoms with van der Waals surface area (Å²) in [6.45, 7) is 1.33. The minimum Gasteiger partial charge on any atom is -0.493 e. The summed E-state index contributed by atoms with van der Waals surface area (Å²) in [6, 6.07) is 13.9. The molecule has 3 rings (SSSR count). The van der Waals surface area contributed by atoms with Gasteiger partial charge in [0.25, 0.3) is 5.91 Å². The largest absolute Gasteiger partial charge is 0.493 e. The van der Waals surface area contributed by atoms with Gasteiger partial charge in [0, 0.05) is 31.1 Å². The van der Waals surface area contributed by atoms with E-state index in [9.17, 15) is 13.2 Å². The molecule has 0 aliphatic rings. The van der Waals surface area contributed by atoms with Gasteiger partial charge in [-0.2, -0.15) is 5.10 Å². The highest BCUT2D eigenvalue weighted by atomic mass is 35.5. The fraction of sp³-hybridized carbons (Fsp3) is 0.273. The summed E-state index contributed by atoms with van der Waals surface area (Å²) in [7, 11) is -1.56. The predicted molar refractivity (Wildman–Crippen MR) is 119 cm³/mol. The van der Waals surface area contributed by atoms with Crippen molar-refractivity contribution >= 4 is 27.3 Å². The van der Waals surface area contributed by atoms with Gasteiger partial charge in [-0.25, -0.2) is 8.42 Å². The van der Waals surface area contributed by atoms with Crippen LogP contribution in [0.1, 0.15) is 22.3 Å². The second-order valence-corrected chi connectivity index (χ2v) is 9.62. The standard InChI is InChI=1S/C22H24ClN3O4S/c1-25(11-6-12-30-19-8-5-9-20(13-19)31(2,28)29)22(27)18-14-24-26(16-18)15-17-7-3-4-10-21(17)23/h3-5,7-10,13-14,16H,6,11-12,15H2,1-2H3. The van der Waals surface area contributed by atoms with Crippen molar-refractivity contribution in [2.45, 2.75) is 17.9 Å². The van der Waals surface area contributed by atoms with Crippen LogP contribution in [0, 0.1) is 0 Å². The van der Waals surface area contributed by atoms with Gasteiger partial charge in [0.1, 0.15) is 5.75 Å². The van der Waals surface area contributed by atoms with E-state index in [0.29, 0.717) is 42.5 Å². The lowest BCUT2D eigenvalue weighted by atomic mass is 10.2. The Morgan fingerprint density at radius 3 is 2.71 bits per heavy atom. The lowest BCUT2D eigenvalue weighted by Crippen LogP contribution is -2.28. The zero-order valence-corrected chi connectivity index (χ0v) is 18.9. The number of rotatable bonds is 9. The van der Waals surface area contributed by atoms with Crippen molar-refractivity contribution in [3.63, 3.8) is 0 Å². The van der Waals surface area contributed by atoms with Gasteiger partial charge in [-0.05, 0) is 36.2 Å². The molecule has 0 saturated carbocycles. The smallest absolute Gasteiger partial charge is 0.256 e. The second-order valence-electron chi connectivity index (χ2n) is 7.19. The van der Waals surface area contributed by atoms with Crippen LogP contribution in [0.3, 0.4) is 0 Å². The molecule has 0 aliphatic heterocycles. The average Bonchev–Trinajstić information content (AvgIpc) is 3.20. The number of halogens is 1. The molecule has 0 spiro atoms. The number of hydrogen-bond donors (Lipinski definition) is 0. The van der Waals surface area contributed by atoms with Gasteiger partial charge in [0.05, 0.1) is 29.8 Å². The van der Waals surface area contributed by atoms with Crippen LogP contribution in [0.15, 0.2) is 65.8 Å². The van der Waals surface area contributed by atoms with Crippen molar-refractivity contribution in [3.05, 3.63) is 77.1 Å². The third kappa shape index (κ3) is 6.32. The SMILES string of the molecule is CN(CCCOc1cccc(S(C)(=O)=O)c1)C(=O)c1cnn(Cc2ccccc2Cl)c1. The zero-order chi connectivity index (χ0) is 22.4. The monoisotopic (exact) mass is 461 g/mol. The van der Waals surface area contributed by atoms with Gasteiger partial charge in [-0.15, -0.1) is 0 Å². The first-order valence-electron chi connectivity index (χ1n) is 9.68. The van der Waals surface area contributed by atoms with E-state index in [-0.39, 0.29) is 10.8 Å². The summed E-state index contributed by atoms with van der Waals surface area (Å²) < 4.78 is 30.6. The minimum atomic E-state index is -3.28. The zero-order valence-electron chi connectivity index (χ0n) is 17.4. The van der Waals surface area contributed by atoms with E-state index in [1.807, 2.05) is 24.3 Å². The Labute approximate surface area is 187 Å². The molecule has 164 valence electrons. The Kier molecular flexibility index (Phi) is 7.35. The lowest BCUT2D eigenvalue weighted by Gasteiger charge is -2.16. The van der Waals surface area contributed by atoms with Crippen molar-refractivity contribution in [2.24, 2.45) is 0 Å². The van der Waals surface area contributed by atoms with Crippen LogP contribution in [-0.4, -0.2) is 55.5 Å². The molecule has 0 aliphatic carbocycles. The summed E-state index contributed by atoms with van der Waals surface area (Å²) in [4.78, 5) is 14.5. The molecule has 0 N–H and O–H groups in total. The van der Waals surface area contributed by atoms with Gasteiger partial charge in [-0.1, -0.05) is 35.9 Å². The van der Waals surface area contributed by atoms with E-state index in [2.05, 4.69) is 5.10 Å². The fourth-order valence-electron chi connectivity index (χ4n) is 2.97. The summed E-state index contributed by atoms with van der Waals surface area (Å²) in [5.41, 5.74) is 1.42. The first-order valence-corrected chi connectivity index (χ1v) is 12.0.